The smallest absolute Gasteiger partial charge is 0.161 e. The van der Waals surface area contributed by atoms with Gasteiger partial charge in [-0.05, 0) is 37.6 Å². The number of aryl methyl sites for hydroxylation is 1. The number of aromatic nitrogens is 1. The van der Waals surface area contributed by atoms with Crippen molar-refractivity contribution in [3.63, 3.8) is 0 Å². The van der Waals surface area contributed by atoms with Crippen LogP contribution in [0.5, 0.6) is 11.5 Å². The van der Waals surface area contributed by atoms with Gasteiger partial charge in [-0.25, -0.2) is 4.98 Å². The monoisotopic (exact) mass is 290 g/mol. The average molecular weight is 290 g/mol. The third-order valence-corrected chi connectivity index (χ3v) is 4.26. The lowest BCUT2D eigenvalue weighted by molar-refractivity contribution is 0.171. The number of rotatable bonds is 5. The minimum absolute atomic E-state index is 0.638. The highest BCUT2D eigenvalue weighted by molar-refractivity contribution is 7.09. The molecule has 20 heavy (non-hydrogen) atoms. The fourth-order valence-electron chi connectivity index (χ4n) is 2.17. The second-order valence-electron chi connectivity index (χ2n) is 4.77. The molecule has 1 N–H and O–H groups in total. The van der Waals surface area contributed by atoms with E-state index in [1.165, 1.54) is 10.4 Å². The first-order valence-electron chi connectivity index (χ1n) is 6.81. The largest absolute Gasteiger partial charge is 0.486 e. The number of hydrogen-bond acceptors (Lipinski definition) is 5. The molecule has 0 spiro atoms. The zero-order valence-electron chi connectivity index (χ0n) is 11.5. The molecular formula is C15H18N2O2S. The van der Waals surface area contributed by atoms with E-state index in [0.717, 1.165) is 36.7 Å². The van der Waals surface area contributed by atoms with Crippen molar-refractivity contribution >= 4 is 11.3 Å². The van der Waals surface area contributed by atoms with Crippen LogP contribution in [0.15, 0.2) is 23.7 Å². The fraction of sp³-hybridized carbons (Fsp3) is 0.400. The Morgan fingerprint density at radius 3 is 2.90 bits per heavy atom. The standard InChI is InChI=1S/C15H18N2O2S/c1-11-15(20-10-17-11)9-16-5-4-12-2-3-13-14(8-12)19-7-6-18-13/h2-3,8,10,16H,4-7,9H2,1H3. The van der Waals surface area contributed by atoms with E-state index in [1.807, 2.05) is 18.5 Å². The van der Waals surface area contributed by atoms with E-state index in [1.54, 1.807) is 11.3 Å². The summed E-state index contributed by atoms with van der Waals surface area (Å²) < 4.78 is 11.1. The lowest BCUT2D eigenvalue weighted by atomic mass is 10.1. The van der Waals surface area contributed by atoms with Gasteiger partial charge in [0.15, 0.2) is 11.5 Å². The molecule has 2 aromatic rings. The predicted molar refractivity (Wildman–Crippen MR) is 79.7 cm³/mol. The number of thiazole rings is 1. The van der Waals surface area contributed by atoms with Gasteiger partial charge in [0.25, 0.3) is 0 Å². The van der Waals surface area contributed by atoms with Crippen LogP contribution in [-0.4, -0.2) is 24.7 Å². The van der Waals surface area contributed by atoms with Crippen molar-refractivity contribution in [3.05, 3.63) is 39.8 Å². The van der Waals surface area contributed by atoms with E-state index < -0.39 is 0 Å². The first-order valence-corrected chi connectivity index (χ1v) is 7.69. The van der Waals surface area contributed by atoms with Gasteiger partial charge < -0.3 is 14.8 Å². The third-order valence-electron chi connectivity index (χ3n) is 3.33. The Kier molecular flexibility index (Phi) is 4.18. The number of benzene rings is 1. The lowest BCUT2D eigenvalue weighted by Gasteiger charge is -2.18. The molecule has 3 rings (SSSR count). The van der Waals surface area contributed by atoms with Crippen molar-refractivity contribution in [2.45, 2.75) is 19.9 Å². The first-order chi connectivity index (χ1) is 9.83. The molecule has 106 valence electrons. The summed E-state index contributed by atoms with van der Waals surface area (Å²) in [6.45, 7) is 5.16. The first kappa shape index (κ1) is 13.4. The van der Waals surface area contributed by atoms with Crippen molar-refractivity contribution in [2.75, 3.05) is 19.8 Å². The number of hydrogen-bond donors (Lipinski definition) is 1. The number of fused-ring (bicyclic) bond motifs is 1. The van der Waals surface area contributed by atoms with Crippen LogP contribution in [0, 0.1) is 6.92 Å². The Bertz CT molecular complexity index is 583. The van der Waals surface area contributed by atoms with E-state index >= 15 is 0 Å². The topological polar surface area (TPSA) is 43.4 Å². The Morgan fingerprint density at radius 2 is 2.10 bits per heavy atom. The molecule has 0 aliphatic carbocycles. The molecule has 0 saturated carbocycles. The van der Waals surface area contributed by atoms with Crippen molar-refractivity contribution in [3.8, 4) is 11.5 Å². The molecule has 1 aromatic heterocycles. The van der Waals surface area contributed by atoms with Crippen molar-refractivity contribution in [1.29, 1.82) is 0 Å². The predicted octanol–water partition coefficient (Wildman–Crippen LogP) is 2.56. The van der Waals surface area contributed by atoms with E-state index in [-0.39, 0.29) is 0 Å². The average Bonchev–Trinajstić information content (AvgIpc) is 2.89. The molecule has 0 unspecified atom stereocenters. The van der Waals surface area contributed by atoms with Gasteiger partial charge in [0.1, 0.15) is 13.2 Å². The van der Waals surface area contributed by atoms with Crippen LogP contribution in [0.1, 0.15) is 16.1 Å². The van der Waals surface area contributed by atoms with E-state index in [2.05, 4.69) is 22.4 Å². The number of nitrogens with one attached hydrogen (secondary N) is 1. The van der Waals surface area contributed by atoms with Gasteiger partial charge in [-0.2, -0.15) is 0 Å². The molecule has 2 heterocycles. The zero-order valence-corrected chi connectivity index (χ0v) is 12.3. The van der Waals surface area contributed by atoms with Crippen molar-refractivity contribution in [1.82, 2.24) is 10.3 Å². The van der Waals surface area contributed by atoms with Gasteiger partial charge >= 0.3 is 0 Å². The molecule has 0 amide bonds. The maximum Gasteiger partial charge on any atom is 0.161 e. The van der Waals surface area contributed by atoms with Crippen molar-refractivity contribution < 1.29 is 9.47 Å². The number of ether oxygens (including phenoxy) is 2. The van der Waals surface area contributed by atoms with Gasteiger partial charge in [-0.3, -0.25) is 0 Å². The summed E-state index contributed by atoms with van der Waals surface area (Å²) in [6.07, 6.45) is 0.981. The van der Waals surface area contributed by atoms with Gasteiger partial charge in [-0.1, -0.05) is 6.07 Å². The van der Waals surface area contributed by atoms with E-state index in [0.29, 0.717) is 13.2 Å². The van der Waals surface area contributed by atoms with Crippen LogP contribution in [0.2, 0.25) is 0 Å². The fourth-order valence-corrected chi connectivity index (χ4v) is 2.92. The maximum atomic E-state index is 5.59. The quantitative estimate of drug-likeness (QED) is 0.860. The van der Waals surface area contributed by atoms with Crippen LogP contribution < -0.4 is 14.8 Å². The number of nitrogens with zero attached hydrogens (tertiary/aromatic N) is 1. The highest BCUT2D eigenvalue weighted by Gasteiger charge is 2.11. The molecule has 0 atom stereocenters. The Labute approximate surface area is 122 Å². The highest BCUT2D eigenvalue weighted by Crippen LogP contribution is 2.30. The van der Waals surface area contributed by atoms with Gasteiger partial charge in [-0.15, -0.1) is 11.3 Å². The molecule has 0 fully saturated rings. The second kappa shape index (κ2) is 6.24. The summed E-state index contributed by atoms with van der Waals surface area (Å²) in [5, 5.41) is 3.46. The summed E-state index contributed by atoms with van der Waals surface area (Å²) in [5.74, 6) is 1.72. The summed E-state index contributed by atoms with van der Waals surface area (Å²) in [7, 11) is 0. The molecule has 0 saturated heterocycles. The normalized spacial score (nSPS) is 13.4. The van der Waals surface area contributed by atoms with E-state index in [9.17, 15) is 0 Å². The van der Waals surface area contributed by atoms with E-state index in [4.69, 9.17) is 9.47 Å². The van der Waals surface area contributed by atoms with Crippen LogP contribution >= 0.6 is 11.3 Å². The molecule has 1 aromatic carbocycles. The Hall–Kier alpha value is -1.59. The lowest BCUT2D eigenvalue weighted by Crippen LogP contribution is -2.17. The zero-order chi connectivity index (χ0) is 13.8. The minimum Gasteiger partial charge on any atom is -0.486 e. The SMILES string of the molecule is Cc1ncsc1CNCCc1ccc2c(c1)OCCO2. The Balaban J connectivity index is 1.50. The second-order valence-corrected chi connectivity index (χ2v) is 5.71. The molecular weight excluding hydrogens is 272 g/mol. The third kappa shape index (κ3) is 3.11. The van der Waals surface area contributed by atoms with Crippen LogP contribution in [0.3, 0.4) is 0 Å². The van der Waals surface area contributed by atoms with Crippen LogP contribution in [0.4, 0.5) is 0 Å². The molecule has 4 nitrogen and oxygen atoms in total. The molecule has 1 aliphatic rings. The van der Waals surface area contributed by atoms with Gasteiger partial charge in [0, 0.05) is 11.4 Å². The van der Waals surface area contributed by atoms with Gasteiger partial charge in [0.2, 0.25) is 0 Å². The molecule has 5 heteroatoms. The summed E-state index contributed by atoms with van der Waals surface area (Å²) in [4.78, 5) is 5.56. The Morgan fingerprint density at radius 1 is 1.25 bits per heavy atom. The molecule has 0 radical (unpaired) electrons. The highest BCUT2D eigenvalue weighted by atomic mass is 32.1. The van der Waals surface area contributed by atoms with Gasteiger partial charge in [0.05, 0.1) is 11.2 Å². The summed E-state index contributed by atoms with van der Waals surface area (Å²) in [5.41, 5.74) is 4.29. The van der Waals surface area contributed by atoms with Crippen LogP contribution in [-0.2, 0) is 13.0 Å². The van der Waals surface area contributed by atoms with Crippen LogP contribution in [0.25, 0.3) is 0 Å². The molecule has 1 aliphatic heterocycles. The molecule has 0 bridgehead atoms. The summed E-state index contributed by atoms with van der Waals surface area (Å²) in [6, 6.07) is 6.18. The van der Waals surface area contributed by atoms with Crippen molar-refractivity contribution in [2.24, 2.45) is 0 Å². The minimum atomic E-state index is 0.638. The maximum absolute atomic E-state index is 5.59. The summed E-state index contributed by atoms with van der Waals surface area (Å²) >= 11 is 1.70.